The number of halogens is 2. The molecule has 1 aliphatic rings. The van der Waals surface area contributed by atoms with Crippen LogP contribution in [0.25, 0.3) is 0 Å². The summed E-state index contributed by atoms with van der Waals surface area (Å²) in [4.78, 5) is 12.1. The smallest absolute Gasteiger partial charge is 0.387 e. The number of methoxy groups -OCH3 is 1. The molecule has 0 saturated carbocycles. The average Bonchev–Trinajstić information content (AvgIpc) is 2.85. The number of carbonyl (C=O) groups is 1. The van der Waals surface area contributed by atoms with Crippen molar-refractivity contribution in [3.63, 3.8) is 0 Å². The van der Waals surface area contributed by atoms with Crippen LogP contribution >= 0.6 is 0 Å². The Bertz CT molecular complexity index is 511. The van der Waals surface area contributed by atoms with Gasteiger partial charge in [0.25, 0.3) is 0 Å². The summed E-state index contributed by atoms with van der Waals surface area (Å²) in [6, 6.07) is 4.10. The molecule has 1 aromatic rings. The normalized spacial score (nSPS) is 21.4. The highest BCUT2D eigenvalue weighted by atomic mass is 19.3. The van der Waals surface area contributed by atoms with E-state index in [1.54, 1.807) is 6.07 Å². The zero-order chi connectivity index (χ0) is 15.4. The van der Waals surface area contributed by atoms with Gasteiger partial charge in [-0.05, 0) is 31.0 Å². The second-order valence-electron chi connectivity index (χ2n) is 4.93. The van der Waals surface area contributed by atoms with Gasteiger partial charge in [0.05, 0.1) is 13.2 Å². The fourth-order valence-corrected chi connectivity index (χ4v) is 2.35. The van der Waals surface area contributed by atoms with Crippen LogP contribution in [0.15, 0.2) is 18.2 Å². The van der Waals surface area contributed by atoms with Crippen molar-refractivity contribution in [2.24, 2.45) is 5.92 Å². The molecule has 5 nitrogen and oxygen atoms in total. The van der Waals surface area contributed by atoms with E-state index in [1.165, 1.54) is 19.2 Å². The molecule has 0 aromatic heterocycles. The van der Waals surface area contributed by atoms with Gasteiger partial charge in [-0.25, -0.2) is 0 Å². The highest BCUT2D eigenvalue weighted by Crippen LogP contribution is 2.31. The lowest BCUT2D eigenvalue weighted by Gasteiger charge is -2.16. The maximum atomic E-state index is 12.4. The largest absolute Gasteiger partial charge is 0.493 e. The van der Waals surface area contributed by atoms with Crippen molar-refractivity contribution in [1.29, 1.82) is 0 Å². The molecule has 0 bridgehead atoms. The number of carbonyl (C=O) groups excluding carboxylic acids is 1. The highest BCUT2D eigenvalue weighted by Gasteiger charge is 2.29. The van der Waals surface area contributed by atoms with Gasteiger partial charge in [-0.15, -0.1) is 0 Å². The number of rotatable bonds is 5. The molecule has 0 spiro atoms. The van der Waals surface area contributed by atoms with Crippen LogP contribution in [0.4, 0.5) is 14.5 Å². The third-order valence-corrected chi connectivity index (χ3v) is 3.46. The monoisotopic (exact) mass is 300 g/mol. The molecule has 1 fully saturated rings. The van der Waals surface area contributed by atoms with Crippen molar-refractivity contribution in [3.8, 4) is 11.5 Å². The Labute approximate surface area is 121 Å². The molecule has 2 N–H and O–H groups in total. The number of amides is 1. The number of nitrogens with one attached hydrogen (secondary N) is 2. The highest BCUT2D eigenvalue weighted by molar-refractivity contribution is 5.95. The summed E-state index contributed by atoms with van der Waals surface area (Å²) in [7, 11) is 1.36. The minimum absolute atomic E-state index is 0.113. The van der Waals surface area contributed by atoms with Crippen LogP contribution < -0.4 is 20.1 Å². The van der Waals surface area contributed by atoms with Crippen LogP contribution in [0.3, 0.4) is 0 Å². The molecule has 1 aromatic carbocycles. The molecule has 1 heterocycles. The van der Waals surface area contributed by atoms with Crippen molar-refractivity contribution in [1.82, 2.24) is 5.32 Å². The summed E-state index contributed by atoms with van der Waals surface area (Å²) in [6.45, 7) is -0.174. The van der Waals surface area contributed by atoms with Gasteiger partial charge in [-0.1, -0.05) is 6.92 Å². The summed E-state index contributed by atoms with van der Waals surface area (Å²) >= 11 is 0. The van der Waals surface area contributed by atoms with E-state index in [0.717, 1.165) is 13.0 Å². The minimum atomic E-state index is -2.96. The number of hydrogen-bond acceptors (Lipinski definition) is 4. The molecule has 7 heteroatoms. The van der Waals surface area contributed by atoms with Crippen LogP contribution in [-0.4, -0.2) is 32.2 Å². The first-order valence-electron chi connectivity index (χ1n) is 6.68. The SMILES string of the molecule is COc1ccc(NC(=O)C2NCCC2C)cc1OC(F)F. The quantitative estimate of drug-likeness (QED) is 0.875. The Morgan fingerprint density at radius 1 is 1.43 bits per heavy atom. The standard InChI is InChI=1S/C14H18F2N2O3/c1-8-5-6-17-12(8)13(19)18-9-3-4-10(20-2)11(7-9)21-14(15)16/h3-4,7-8,12,14,17H,5-6H2,1-2H3,(H,18,19). The van der Waals surface area contributed by atoms with Gasteiger partial charge in [0, 0.05) is 11.8 Å². The molecule has 2 atom stereocenters. The summed E-state index contributed by atoms with van der Waals surface area (Å²) in [5.41, 5.74) is 0.386. The Balaban J connectivity index is 2.11. The third-order valence-electron chi connectivity index (χ3n) is 3.46. The Morgan fingerprint density at radius 3 is 2.76 bits per heavy atom. The van der Waals surface area contributed by atoms with Gasteiger partial charge < -0.3 is 20.1 Å². The molecule has 2 unspecified atom stereocenters. The number of benzene rings is 1. The summed E-state index contributed by atoms with van der Waals surface area (Å²) in [6.07, 6.45) is 0.931. The van der Waals surface area contributed by atoms with Gasteiger partial charge in [0.1, 0.15) is 0 Å². The van der Waals surface area contributed by atoms with Crippen LogP contribution in [-0.2, 0) is 4.79 Å². The second kappa shape index (κ2) is 6.71. The molecule has 0 aliphatic carbocycles. The predicted octanol–water partition coefficient (Wildman–Crippen LogP) is 2.23. The zero-order valence-electron chi connectivity index (χ0n) is 11.9. The van der Waals surface area contributed by atoms with Gasteiger partial charge in [0.15, 0.2) is 11.5 Å². The van der Waals surface area contributed by atoms with Gasteiger partial charge in [0.2, 0.25) is 5.91 Å². The maximum absolute atomic E-state index is 12.4. The van der Waals surface area contributed by atoms with E-state index in [1.807, 2.05) is 6.92 Å². The van der Waals surface area contributed by atoms with E-state index >= 15 is 0 Å². The molecule has 1 aliphatic heterocycles. The number of hydrogen-bond donors (Lipinski definition) is 2. The molecule has 0 radical (unpaired) electrons. The van der Waals surface area contributed by atoms with Crippen molar-refractivity contribution >= 4 is 11.6 Å². The van der Waals surface area contributed by atoms with Crippen molar-refractivity contribution in [2.45, 2.75) is 26.0 Å². The second-order valence-corrected chi connectivity index (χ2v) is 4.93. The molecule has 116 valence electrons. The predicted molar refractivity (Wildman–Crippen MR) is 73.8 cm³/mol. The number of anilines is 1. The van der Waals surface area contributed by atoms with Gasteiger partial charge in [-0.3, -0.25) is 4.79 Å². The van der Waals surface area contributed by atoms with E-state index in [2.05, 4.69) is 15.4 Å². The molecule has 1 saturated heterocycles. The van der Waals surface area contributed by atoms with E-state index in [-0.39, 0.29) is 29.4 Å². The van der Waals surface area contributed by atoms with Gasteiger partial charge in [-0.2, -0.15) is 8.78 Å². The van der Waals surface area contributed by atoms with Crippen molar-refractivity contribution in [3.05, 3.63) is 18.2 Å². The molecular formula is C14H18F2N2O3. The molecule has 1 amide bonds. The van der Waals surface area contributed by atoms with E-state index in [4.69, 9.17) is 4.74 Å². The third kappa shape index (κ3) is 3.81. The Morgan fingerprint density at radius 2 is 2.19 bits per heavy atom. The van der Waals surface area contributed by atoms with Crippen molar-refractivity contribution < 1.29 is 23.0 Å². The van der Waals surface area contributed by atoms with Crippen LogP contribution in [0, 0.1) is 5.92 Å². The first-order chi connectivity index (χ1) is 10.0. The van der Waals surface area contributed by atoms with E-state index < -0.39 is 6.61 Å². The van der Waals surface area contributed by atoms with E-state index in [9.17, 15) is 13.6 Å². The van der Waals surface area contributed by atoms with Crippen molar-refractivity contribution in [2.75, 3.05) is 19.0 Å². The molecule has 2 rings (SSSR count). The first kappa shape index (κ1) is 15.5. The van der Waals surface area contributed by atoms with Crippen LogP contribution in [0.1, 0.15) is 13.3 Å². The Hall–Kier alpha value is -1.89. The van der Waals surface area contributed by atoms with Crippen LogP contribution in [0.2, 0.25) is 0 Å². The lowest BCUT2D eigenvalue weighted by atomic mass is 10.0. The summed E-state index contributed by atoms with van der Waals surface area (Å²) in [5, 5.41) is 5.81. The molecule has 21 heavy (non-hydrogen) atoms. The summed E-state index contributed by atoms with van der Waals surface area (Å²) < 4.78 is 34.0. The van der Waals surface area contributed by atoms with Gasteiger partial charge >= 0.3 is 6.61 Å². The van der Waals surface area contributed by atoms with E-state index in [0.29, 0.717) is 5.69 Å². The first-order valence-corrected chi connectivity index (χ1v) is 6.68. The maximum Gasteiger partial charge on any atom is 0.387 e. The number of alkyl halides is 2. The fourth-order valence-electron chi connectivity index (χ4n) is 2.35. The average molecular weight is 300 g/mol. The lowest BCUT2D eigenvalue weighted by molar-refractivity contribution is -0.118. The zero-order valence-corrected chi connectivity index (χ0v) is 11.9. The fraction of sp³-hybridized carbons (Fsp3) is 0.500. The molecular weight excluding hydrogens is 282 g/mol. The Kier molecular flexibility index (Phi) is 4.95. The topological polar surface area (TPSA) is 59.6 Å². The minimum Gasteiger partial charge on any atom is -0.493 e. The number of ether oxygens (including phenoxy) is 2. The van der Waals surface area contributed by atoms with Crippen LogP contribution in [0.5, 0.6) is 11.5 Å². The lowest BCUT2D eigenvalue weighted by Crippen LogP contribution is -2.39. The summed E-state index contributed by atoms with van der Waals surface area (Å²) in [5.74, 6) is 0.117.